The fraction of sp³-hybridized carbons (Fsp3) is 0. The Kier molecular flexibility index (Phi) is 2.51. The molecule has 0 aliphatic rings. The molecular weight excluding hydrogens is 215 g/mol. The third kappa shape index (κ3) is 1.89. The fourth-order valence-corrected chi connectivity index (χ4v) is 2.16. The average Bonchev–Trinajstić information content (AvgIpc) is 2.67. The van der Waals surface area contributed by atoms with Crippen LogP contribution < -0.4 is 0 Å². The van der Waals surface area contributed by atoms with Crippen molar-refractivity contribution in [3.05, 3.63) is 47.1 Å². The molecule has 0 saturated heterocycles. The van der Waals surface area contributed by atoms with Crippen LogP contribution in [0.3, 0.4) is 0 Å². The summed E-state index contributed by atoms with van der Waals surface area (Å²) in [5, 5.41) is 10.2. The van der Waals surface area contributed by atoms with E-state index in [0.717, 1.165) is 0 Å². The van der Waals surface area contributed by atoms with Crippen molar-refractivity contribution < 1.29 is 14.3 Å². The number of halogens is 1. The second-order valence-electron chi connectivity index (χ2n) is 2.98. The van der Waals surface area contributed by atoms with Gasteiger partial charge in [0.15, 0.2) is 0 Å². The van der Waals surface area contributed by atoms with E-state index in [0.29, 0.717) is 10.4 Å². The molecule has 2 aromatic rings. The molecule has 1 aromatic heterocycles. The molecule has 0 bridgehead atoms. The lowest BCUT2D eigenvalue weighted by Crippen LogP contribution is -1.91. The number of benzene rings is 1. The summed E-state index contributed by atoms with van der Waals surface area (Å²) < 4.78 is 13.3. The number of aromatic carboxylic acids is 1. The van der Waals surface area contributed by atoms with Gasteiger partial charge in [0.25, 0.3) is 0 Å². The number of carboxylic acids is 1. The molecule has 1 N–H and O–H groups in total. The summed E-state index contributed by atoms with van der Waals surface area (Å²) in [5.41, 5.74) is 0.633. The van der Waals surface area contributed by atoms with Gasteiger partial charge >= 0.3 is 5.97 Å². The van der Waals surface area contributed by atoms with Gasteiger partial charge in [-0.05, 0) is 12.1 Å². The van der Waals surface area contributed by atoms with Gasteiger partial charge in [0.1, 0.15) is 5.82 Å². The number of hydrogen-bond donors (Lipinski definition) is 1. The van der Waals surface area contributed by atoms with Crippen LogP contribution in [0.1, 0.15) is 10.4 Å². The highest BCUT2D eigenvalue weighted by Crippen LogP contribution is 2.29. The lowest BCUT2D eigenvalue weighted by molar-refractivity contribution is 0.0697. The third-order valence-corrected chi connectivity index (χ3v) is 2.95. The van der Waals surface area contributed by atoms with Crippen LogP contribution in [0.2, 0.25) is 0 Å². The van der Waals surface area contributed by atoms with Crippen LogP contribution in [-0.2, 0) is 0 Å². The maximum atomic E-state index is 13.3. The van der Waals surface area contributed by atoms with Crippen molar-refractivity contribution in [2.24, 2.45) is 0 Å². The molecule has 0 aliphatic carbocycles. The van der Waals surface area contributed by atoms with E-state index in [4.69, 9.17) is 5.11 Å². The third-order valence-electron chi connectivity index (χ3n) is 1.99. The summed E-state index contributed by atoms with van der Waals surface area (Å²) in [4.78, 5) is 11.3. The minimum absolute atomic E-state index is 0.193. The Balaban J connectivity index is 2.46. The van der Waals surface area contributed by atoms with Gasteiger partial charge in [0, 0.05) is 15.8 Å². The van der Waals surface area contributed by atoms with Crippen molar-refractivity contribution in [3.8, 4) is 10.4 Å². The average molecular weight is 222 g/mol. The zero-order valence-electron chi connectivity index (χ0n) is 7.61. The highest BCUT2D eigenvalue weighted by Gasteiger charge is 2.10. The molecule has 0 unspecified atom stereocenters. The standard InChI is InChI=1S/C11H7FO2S/c12-9-4-2-1-3-8(9)10-5-7(6-15-10)11(13)14/h1-6H,(H,13,14). The molecule has 0 atom stereocenters. The summed E-state index contributed by atoms with van der Waals surface area (Å²) in [6, 6.07) is 7.79. The first-order valence-corrected chi connectivity index (χ1v) is 5.13. The molecule has 76 valence electrons. The number of hydrogen-bond acceptors (Lipinski definition) is 2. The number of carboxylic acid groups (broad SMARTS) is 1. The van der Waals surface area contributed by atoms with E-state index in [1.54, 1.807) is 18.2 Å². The minimum atomic E-state index is -0.992. The molecule has 1 heterocycles. The Morgan fingerprint density at radius 2 is 2.07 bits per heavy atom. The van der Waals surface area contributed by atoms with E-state index < -0.39 is 5.97 Å². The summed E-state index contributed by atoms with van der Waals surface area (Å²) >= 11 is 1.22. The van der Waals surface area contributed by atoms with E-state index in [1.165, 1.54) is 28.8 Å². The van der Waals surface area contributed by atoms with Crippen molar-refractivity contribution >= 4 is 17.3 Å². The number of rotatable bonds is 2. The fourth-order valence-electron chi connectivity index (χ4n) is 1.25. The topological polar surface area (TPSA) is 37.3 Å². The highest BCUT2D eigenvalue weighted by molar-refractivity contribution is 7.13. The van der Waals surface area contributed by atoms with Gasteiger partial charge in [-0.15, -0.1) is 11.3 Å². The van der Waals surface area contributed by atoms with Gasteiger partial charge in [-0.1, -0.05) is 18.2 Å². The molecule has 0 spiro atoms. The molecular formula is C11H7FO2S. The predicted octanol–water partition coefficient (Wildman–Crippen LogP) is 3.25. The molecule has 2 rings (SSSR count). The monoisotopic (exact) mass is 222 g/mol. The van der Waals surface area contributed by atoms with Gasteiger partial charge in [0.05, 0.1) is 5.56 Å². The first-order valence-electron chi connectivity index (χ1n) is 4.25. The van der Waals surface area contributed by atoms with Crippen LogP contribution in [0.15, 0.2) is 35.7 Å². The van der Waals surface area contributed by atoms with E-state index in [9.17, 15) is 9.18 Å². The molecule has 0 saturated carbocycles. The minimum Gasteiger partial charge on any atom is -0.478 e. The van der Waals surface area contributed by atoms with Crippen LogP contribution in [-0.4, -0.2) is 11.1 Å². The van der Waals surface area contributed by atoms with Crippen molar-refractivity contribution in [1.82, 2.24) is 0 Å². The first-order chi connectivity index (χ1) is 7.18. The Labute approximate surface area is 89.6 Å². The lowest BCUT2D eigenvalue weighted by Gasteiger charge is -1.97. The van der Waals surface area contributed by atoms with Gasteiger partial charge < -0.3 is 5.11 Å². The summed E-state index contributed by atoms with van der Waals surface area (Å²) in [6.07, 6.45) is 0. The quantitative estimate of drug-likeness (QED) is 0.846. The number of carbonyl (C=O) groups is 1. The van der Waals surface area contributed by atoms with Crippen LogP contribution in [0.25, 0.3) is 10.4 Å². The highest BCUT2D eigenvalue weighted by atomic mass is 32.1. The zero-order valence-corrected chi connectivity index (χ0v) is 8.42. The summed E-state index contributed by atoms with van der Waals surface area (Å²) in [5.74, 6) is -1.33. The van der Waals surface area contributed by atoms with Crippen molar-refractivity contribution in [2.75, 3.05) is 0 Å². The van der Waals surface area contributed by atoms with E-state index >= 15 is 0 Å². The van der Waals surface area contributed by atoms with Gasteiger partial charge in [-0.25, -0.2) is 9.18 Å². The summed E-state index contributed by atoms with van der Waals surface area (Å²) in [6.45, 7) is 0. The zero-order chi connectivity index (χ0) is 10.8. The normalized spacial score (nSPS) is 10.2. The Hall–Kier alpha value is -1.68. The van der Waals surface area contributed by atoms with Crippen LogP contribution in [0.4, 0.5) is 4.39 Å². The second kappa shape index (κ2) is 3.82. The molecule has 2 nitrogen and oxygen atoms in total. The molecule has 0 fully saturated rings. The second-order valence-corrected chi connectivity index (χ2v) is 3.90. The smallest absolute Gasteiger partial charge is 0.336 e. The van der Waals surface area contributed by atoms with Crippen molar-refractivity contribution in [3.63, 3.8) is 0 Å². The first kappa shape index (κ1) is 9.86. The Morgan fingerprint density at radius 3 is 2.67 bits per heavy atom. The van der Waals surface area contributed by atoms with Crippen LogP contribution >= 0.6 is 11.3 Å². The van der Waals surface area contributed by atoms with E-state index in [-0.39, 0.29) is 11.4 Å². The Bertz CT molecular complexity index is 505. The largest absolute Gasteiger partial charge is 0.478 e. The van der Waals surface area contributed by atoms with Crippen molar-refractivity contribution in [2.45, 2.75) is 0 Å². The van der Waals surface area contributed by atoms with Crippen LogP contribution in [0, 0.1) is 5.82 Å². The van der Waals surface area contributed by atoms with Crippen LogP contribution in [0.5, 0.6) is 0 Å². The van der Waals surface area contributed by atoms with E-state index in [1.807, 2.05) is 0 Å². The molecule has 1 aromatic carbocycles. The molecule has 0 radical (unpaired) electrons. The molecule has 0 aliphatic heterocycles. The predicted molar refractivity (Wildman–Crippen MR) is 56.7 cm³/mol. The summed E-state index contributed by atoms with van der Waals surface area (Å²) in [7, 11) is 0. The molecule has 0 amide bonds. The number of thiophene rings is 1. The Morgan fingerprint density at radius 1 is 1.33 bits per heavy atom. The maximum absolute atomic E-state index is 13.3. The van der Waals surface area contributed by atoms with Gasteiger partial charge in [-0.3, -0.25) is 0 Å². The molecule has 15 heavy (non-hydrogen) atoms. The maximum Gasteiger partial charge on any atom is 0.336 e. The lowest BCUT2D eigenvalue weighted by atomic mass is 10.1. The van der Waals surface area contributed by atoms with Gasteiger partial charge in [-0.2, -0.15) is 0 Å². The van der Waals surface area contributed by atoms with Crippen molar-refractivity contribution in [1.29, 1.82) is 0 Å². The van der Waals surface area contributed by atoms with Gasteiger partial charge in [0.2, 0.25) is 0 Å². The SMILES string of the molecule is O=C(O)c1csc(-c2ccccc2F)c1. The molecule has 4 heteroatoms. The van der Waals surface area contributed by atoms with E-state index in [2.05, 4.69) is 0 Å².